The van der Waals surface area contributed by atoms with Crippen molar-refractivity contribution < 1.29 is 4.79 Å². The molecule has 100 valence electrons. The van der Waals surface area contributed by atoms with E-state index in [9.17, 15) is 4.79 Å². The molecule has 1 saturated carbocycles. The summed E-state index contributed by atoms with van der Waals surface area (Å²) in [5.41, 5.74) is 1.36. The van der Waals surface area contributed by atoms with E-state index >= 15 is 0 Å². The van der Waals surface area contributed by atoms with Crippen molar-refractivity contribution in [2.45, 2.75) is 38.3 Å². The Kier molecular flexibility index (Phi) is 4.87. The Bertz CT molecular complexity index is 477. The van der Waals surface area contributed by atoms with Crippen LogP contribution < -0.4 is 10.6 Å². The summed E-state index contributed by atoms with van der Waals surface area (Å²) in [6.07, 6.45) is 5.23. The topological polar surface area (TPSA) is 77.8 Å². The van der Waals surface area contributed by atoms with Gasteiger partial charge in [-0.3, -0.25) is 4.79 Å². The van der Waals surface area contributed by atoms with E-state index in [2.05, 4.69) is 21.7 Å². The Balaban J connectivity index is 1.61. The average Bonchev–Trinajstić information content (AvgIpc) is 3.22. The zero-order valence-corrected chi connectivity index (χ0v) is 10.9. The van der Waals surface area contributed by atoms with Gasteiger partial charge in [-0.05, 0) is 31.9 Å². The molecule has 1 aliphatic rings. The molecular formula is C14H18N4O. The molecule has 0 aliphatic heterocycles. The zero-order valence-electron chi connectivity index (χ0n) is 10.9. The van der Waals surface area contributed by atoms with Gasteiger partial charge in [0.25, 0.3) is 0 Å². The molecule has 2 rings (SSSR count). The lowest BCUT2D eigenvalue weighted by atomic mass is 10.2. The number of amides is 1. The molecule has 2 N–H and O–H groups in total. The van der Waals surface area contributed by atoms with E-state index in [1.165, 1.54) is 0 Å². The largest absolute Gasteiger partial charge is 0.353 e. The van der Waals surface area contributed by atoms with E-state index in [1.54, 1.807) is 6.20 Å². The predicted octanol–water partition coefficient (Wildman–Crippen LogP) is 1.10. The van der Waals surface area contributed by atoms with E-state index in [4.69, 9.17) is 5.26 Å². The van der Waals surface area contributed by atoms with Crippen LogP contribution in [0.25, 0.3) is 0 Å². The first-order valence-corrected chi connectivity index (χ1v) is 6.63. The lowest BCUT2D eigenvalue weighted by Gasteiger charge is -2.06. The van der Waals surface area contributed by atoms with E-state index in [-0.39, 0.29) is 5.91 Å². The second-order valence-corrected chi connectivity index (χ2v) is 4.75. The Hall–Kier alpha value is -1.93. The van der Waals surface area contributed by atoms with Crippen molar-refractivity contribution in [3.8, 4) is 6.07 Å². The number of pyridine rings is 1. The smallest absolute Gasteiger partial charge is 0.220 e. The Morgan fingerprint density at radius 3 is 3.11 bits per heavy atom. The molecule has 1 amide bonds. The van der Waals surface area contributed by atoms with Crippen LogP contribution in [0.4, 0.5) is 0 Å². The summed E-state index contributed by atoms with van der Waals surface area (Å²) in [7, 11) is 0. The van der Waals surface area contributed by atoms with Crippen LogP contribution in [0.2, 0.25) is 0 Å². The number of nitrogens with one attached hydrogen (secondary N) is 2. The van der Waals surface area contributed by atoms with E-state index in [1.807, 2.05) is 12.1 Å². The third kappa shape index (κ3) is 4.68. The van der Waals surface area contributed by atoms with Crippen molar-refractivity contribution in [3.05, 3.63) is 29.6 Å². The molecule has 0 atom stereocenters. The van der Waals surface area contributed by atoms with Gasteiger partial charge in [0.2, 0.25) is 5.91 Å². The summed E-state index contributed by atoms with van der Waals surface area (Å²) in [6, 6.07) is 6.21. The second kappa shape index (κ2) is 6.86. The molecule has 0 spiro atoms. The quantitative estimate of drug-likeness (QED) is 0.718. The molecule has 0 unspecified atom stereocenters. The van der Waals surface area contributed by atoms with Crippen LogP contribution in [0.3, 0.4) is 0 Å². The molecule has 5 nitrogen and oxygen atoms in total. The van der Waals surface area contributed by atoms with Crippen LogP contribution in [0.1, 0.15) is 36.9 Å². The molecule has 1 fully saturated rings. The average molecular weight is 258 g/mol. The third-order valence-electron chi connectivity index (χ3n) is 3.01. The van der Waals surface area contributed by atoms with Crippen molar-refractivity contribution in [1.82, 2.24) is 15.6 Å². The molecular weight excluding hydrogens is 240 g/mol. The number of hydrogen-bond donors (Lipinski definition) is 2. The van der Waals surface area contributed by atoms with Gasteiger partial charge in [0.15, 0.2) is 0 Å². The number of rotatable bonds is 7. The summed E-state index contributed by atoms with van der Waals surface area (Å²) in [6.45, 7) is 1.37. The van der Waals surface area contributed by atoms with Crippen LogP contribution in [0.5, 0.6) is 0 Å². The number of carbonyl (C=O) groups is 1. The molecule has 5 heteroatoms. The molecule has 0 saturated heterocycles. The summed E-state index contributed by atoms with van der Waals surface area (Å²) >= 11 is 0. The maximum Gasteiger partial charge on any atom is 0.220 e. The Morgan fingerprint density at radius 1 is 1.53 bits per heavy atom. The number of nitriles is 1. The highest BCUT2D eigenvalue weighted by atomic mass is 16.1. The molecule has 1 aliphatic carbocycles. The fourth-order valence-corrected chi connectivity index (χ4v) is 1.81. The van der Waals surface area contributed by atoms with Crippen LogP contribution in [0, 0.1) is 11.3 Å². The standard InChI is InChI=1S/C14H18N4O/c15-9-13-11(3-1-8-17-13)10-16-7-2-4-14(19)18-12-5-6-12/h1,3,8,12,16H,2,4-7,10H2,(H,18,19). The fourth-order valence-electron chi connectivity index (χ4n) is 1.81. The highest BCUT2D eigenvalue weighted by Gasteiger charge is 2.22. The third-order valence-corrected chi connectivity index (χ3v) is 3.01. The molecule has 1 aromatic heterocycles. The van der Waals surface area contributed by atoms with Crippen molar-refractivity contribution in [1.29, 1.82) is 5.26 Å². The van der Waals surface area contributed by atoms with Gasteiger partial charge in [0, 0.05) is 30.8 Å². The van der Waals surface area contributed by atoms with Gasteiger partial charge in [-0.15, -0.1) is 0 Å². The van der Waals surface area contributed by atoms with Gasteiger partial charge >= 0.3 is 0 Å². The van der Waals surface area contributed by atoms with Gasteiger partial charge in [0.1, 0.15) is 11.8 Å². The summed E-state index contributed by atoms with van der Waals surface area (Å²) in [5, 5.41) is 15.1. The van der Waals surface area contributed by atoms with E-state index in [0.29, 0.717) is 24.7 Å². The van der Waals surface area contributed by atoms with Gasteiger partial charge < -0.3 is 10.6 Å². The Labute approximate surface area is 113 Å². The number of hydrogen-bond acceptors (Lipinski definition) is 4. The lowest BCUT2D eigenvalue weighted by molar-refractivity contribution is -0.121. The first kappa shape index (κ1) is 13.5. The van der Waals surface area contributed by atoms with Crippen molar-refractivity contribution in [3.63, 3.8) is 0 Å². The molecule has 0 bridgehead atoms. The summed E-state index contributed by atoms with van der Waals surface area (Å²) in [4.78, 5) is 15.4. The van der Waals surface area contributed by atoms with Crippen LogP contribution in [0.15, 0.2) is 18.3 Å². The van der Waals surface area contributed by atoms with Crippen molar-refractivity contribution in [2.75, 3.05) is 6.54 Å². The molecule has 19 heavy (non-hydrogen) atoms. The molecule has 1 aromatic rings. The van der Waals surface area contributed by atoms with Gasteiger partial charge in [-0.25, -0.2) is 4.98 Å². The number of carbonyl (C=O) groups excluding carboxylic acids is 1. The zero-order chi connectivity index (χ0) is 13.5. The first-order valence-electron chi connectivity index (χ1n) is 6.63. The second-order valence-electron chi connectivity index (χ2n) is 4.75. The van der Waals surface area contributed by atoms with Crippen LogP contribution in [-0.2, 0) is 11.3 Å². The molecule has 0 radical (unpaired) electrons. The van der Waals surface area contributed by atoms with E-state index < -0.39 is 0 Å². The maximum absolute atomic E-state index is 11.4. The molecule has 0 aromatic carbocycles. The Morgan fingerprint density at radius 2 is 2.37 bits per heavy atom. The van der Waals surface area contributed by atoms with Crippen molar-refractivity contribution >= 4 is 5.91 Å². The normalized spacial score (nSPS) is 13.8. The van der Waals surface area contributed by atoms with Gasteiger partial charge in [0.05, 0.1) is 0 Å². The molecule has 1 heterocycles. The minimum atomic E-state index is 0.142. The number of nitrogens with zero attached hydrogens (tertiary/aromatic N) is 2. The van der Waals surface area contributed by atoms with Gasteiger partial charge in [-0.2, -0.15) is 5.26 Å². The lowest BCUT2D eigenvalue weighted by Crippen LogP contribution is -2.26. The maximum atomic E-state index is 11.4. The number of aromatic nitrogens is 1. The fraction of sp³-hybridized carbons (Fsp3) is 0.500. The monoisotopic (exact) mass is 258 g/mol. The van der Waals surface area contributed by atoms with Crippen LogP contribution >= 0.6 is 0 Å². The SMILES string of the molecule is N#Cc1ncccc1CNCCCC(=O)NC1CC1. The predicted molar refractivity (Wildman–Crippen MR) is 71.1 cm³/mol. The minimum absolute atomic E-state index is 0.142. The minimum Gasteiger partial charge on any atom is -0.353 e. The van der Waals surface area contributed by atoms with Gasteiger partial charge in [-0.1, -0.05) is 6.07 Å². The summed E-state index contributed by atoms with van der Waals surface area (Å²) in [5.74, 6) is 0.142. The summed E-state index contributed by atoms with van der Waals surface area (Å²) < 4.78 is 0. The van der Waals surface area contributed by atoms with Crippen molar-refractivity contribution in [2.24, 2.45) is 0 Å². The highest BCUT2D eigenvalue weighted by Crippen LogP contribution is 2.18. The van der Waals surface area contributed by atoms with Crippen LogP contribution in [-0.4, -0.2) is 23.5 Å². The highest BCUT2D eigenvalue weighted by molar-refractivity contribution is 5.76. The first-order chi connectivity index (χ1) is 9.29. The van der Waals surface area contributed by atoms with E-state index in [0.717, 1.165) is 31.4 Å².